The van der Waals surface area contributed by atoms with Gasteiger partial charge in [-0.25, -0.2) is 9.48 Å². The quantitative estimate of drug-likeness (QED) is 0.500. The Morgan fingerprint density at radius 2 is 1.66 bits per heavy atom. The first-order valence-electron chi connectivity index (χ1n) is 12.2. The summed E-state index contributed by atoms with van der Waals surface area (Å²) in [5.41, 5.74) is 5.17. The molecule has 3 aromatic rings. The summed E-state index contributed by atoms with van der Waals surface area (Å²) in [5.74, 6) is 0.566. The van der Waals surface area contributed by atoms with Gasteiger partial charge in [-0.1, -0.05) is 0 Å². The molecule has 1 amide bonds. The molecule has 2 aliphatic heterocycles. The number of fused-ring (bicyclic) bond motifs is 1. The minimum absolute atomic E-state index is 0.196. The number of hydrogen-bond acceptors (Lipinski definition) is 6. The van der Waals surface area contributed by atoms with E-state index in [2.05, 4.69) is 22.1 Å². The third kappa shape index (κ3) is 4.48. The highest BCUT2D eigenvalue weighted by Crippen LogP contribution is 2.31. The zero-order valence-electron chi connectivity index (χ0n) is 20.2. The molecule has 8 heteroatoms. The molecule has 182 valence electrons. The number of ether oxygens (including phenoxy) is 2. The van der Waals surface area contributed by atoms with Crippen LogP contribution in [0, 0.1) is 0 Å². The molecule has 0 aliphatic carbocycles. The number of esters is 1. The van der Waals surface area contributed by atoms with Crippen molar-refractivity contribution >= 4 is 23.3 Å². The Morgan fingerprint density at radius 3 is 2.34 bits per heavy atom. The van der Waals surface area contributed by atoms with Crippen molar-refractivity contribution in [3.05, 3.63) is 65.5 Å². The molecule has 0 unspecified atom stereocenters. The molecule has 0 spiro atoms. The zero-order valence-corrected chi connectivity index (χ0v) is 20.2. The van der Waals surface area contributed by atoms with Crippen molar-refractivity contribution in [2.45, 2.75) is 39.2 Å². The van der Waals surface area contributed by atoms with Crippen LogP contribution in [0.2, 0.25) is 0 Å². The van der Waals surface area contributed by atoms with E-state index in [4.69, 9.17) is 9.47 Å². The molecule has 0 N–H and O–H groups in total. The number of methoxy groups -OCH3 is 1. The van der Waals surface area contributed by atoms with E-state index in [-0.39, 0.29) is 11.9 Å². The molecule has 2 aromatic carbocycles. The van der Waals surface area contributed by atoms with Crippen LogP contribution in [0.15, 0.2) is 48.5 Å². The van der Waals surface area contributed by atoms with Gasteiger partial charge >= 0.3 is 5.97 Å². The first kappa shape index (κ1) is 23.0. The molecule has 1 aromatic heterocycles. The van der Waals surface area contributed by atoms with Gasteiger partial charge in [-0.05, 0) is 74.7 Å². The van der Waals surface area contributed by atoms with E-state index >= 15 is 0 Å². The second kappa shape index (κ2) is 9.82. The highest BCUT2D eigenvalue weighted by molar-refractivity contribution is 5.94. The second-order valence-electron chi connectivity index (χ2n) is 8.79. The first-order valence-corrected chi connectivity index (χ1v) is 12.2. The van der Waals surface area contributed by atoms with Crippen LogP contribution in [0.4, 0.5) is 11.4 Å². The Hall–Kier alpha value is -3.81. The zero-order chi connectivity index (χ0) is 24.4. The van der Waals surface area contributed by atoms with Gasteiger partial charge in [-0.2, -0.15) is 5.10 Å². The van der Waals surface area contributed by atoms with Crippen LogP contribution in [0.3, 0.4) is 0 Å². The van der Waals surface area contributed by atoms with Gasteiger partial charge in [0.05, 0.1) is 31.6 Å². The van der Waals surface area contributed by atoms with Crippen LogP contribution in [0.5, 0.6) is 5.75 Å². The van der Waals surface area contributed by atoms with Crippen molar-refractivity contribution in [3.8, 4) is 11.4 Å². The maximum absolute atomic E-state index is 12.7. The van der Waals surface area contributed by atoms with Gasteiger partial charge in [0.2, 0.25) is 5.91 Å². The average Bonchev–Trinajstić information content (AvgIpc) is 3.28. The molecule has 2 aliphatic rings. The lowest BCUT2D eigenvalue weighted by atomic mass is 10.0. The summed E-state index contributed by atoms with van der Waals surface area (Å²) in [7, 11) is 1.63. The second-order valence-corrected chi connectivity index (χ2v) is 8.79. The van der Waals surface area contributed by atoms with E-state index in [0.29, 0.717) is 31.7 Å². The number of piperidine rings is 1. The standard InChI is InChI=1S/C27H30N4O4/c1-3-35-27(33)26-23-15-17-29(18-24(23)31(28-26)21-11-13-22(34-2)14-12-21)19-7-9-20(10-8-19)30-16-5-4-6-25(30)32/h7-14H,3-6,15-18H2,1-2H3. The Kier molecular flexibility index (Phi) is 6.44. The summed E-state index contributed by atoms with van der Waals surface area (Å²) in [4.78, 5) is 29.1. The molecule has 0 saturated carbocycles. The van der Waals surface area contributed by atoms with Crippen molar-refractivity contribution in [2.75, 3.05) is 36.6 Å². The third-order valence-corrected chi connectivity index (χ3v) is 6.70. The lowest BCUT2D eigenvalue weighted by Crippen LogP contribution is -2.35. The number of benzene rings is 2. The summed E-state index contributed by atoms with van der Waals surface area (Å²) in [5, 5.41) is 4.68. The van der Waals surface area contributed by atoms with E-state index in [1.54, 1.807) is 14.0 Å². The fourth-order valence-electron chi connectivity index (χ4n) is 4.86. The number of rotatable bonds is 6. The average molecular weight is 475 g/mol. The molecular weight excluding hydrogens is 444 g/mol. The number of hydrogen-bond donors (Lipinski definition) is 0. The molecule has 1 saturated heterocycles. The van der Waals surface area contributed by atoms with Gasteiger partial charge in [0.25, 0.3) is 0 Å². The Morgan fingerprint density at radius 1 is 0.943 bits per heavy atom. The monoisotopic (exact) mass is 474 g/mol. The van der Waals surface area contributed by atoms with Gasteiger partial charge in [0.15, 0.2) is 5.69 Å². The van der Waals surface area contributed by atoms with Gasteiger partial charge in [0.1, 0.15) is 5.75 Å². The lowest BCUT2D eigenvalue weighted by Gasteiger charge is -2.31. The van der Waals surface area contributed by atoms with E-state index in [1.807, 2.05) is 46.0 Å². The van der Waals surface area contributed by atoms with Crippen molar-refractivity contribution in [2.24, 2.45) is 0 Å². The Balaban J connectivity index is 1.44. The summed E-state index contributed by atoms with van der Waals surface area (Å²) in [6.45, 7) is 4.25. The topological polar surface area (TPSA) is 76.9 Å². The maximum atomic E-state index is 12.7. The molecule has 0 bridgehead atoms. The van der Waals surface area contributed by atoms with E-state index < -0.39 is 0 Å². The third-order valence-electron chi connectivity index (χ3n) is 6.70. The van der Waals surface area contributed by atoms with Crippen LogP contribution in [-0.4, -0.2) is 48.5 Å². The fraction of sp³-hybridized carbons (Fsp3) is 0.370. The normalized spacial score (nSPS) is 15.7. The summed E-state index contributed by atoms with van der Waals surface area (Å²) >= 11 is 0. The highest BCUT2D eigenvalue weighted by atomic mass is 16.5. The van der Waals surface area contributed by atoms with Crippen molar-refractivity contribution in [1.82, 2.24) is 9.78 Å². The van der Waals surface area contributed by atoms with E-state index in [9.17, 15) is 9.59 Å². The lowest BCUT2D eigenvalue weighted by molar-refractivity contribution is -0.119. The molecule has 3 heterocycles. The molecular formula is C27H30N4O4. The predicted octanol–water partition coefficient (Wildman–Crippen LogP) is 4.14. The molecule has 5 rings (SSSR count). The van der Waals surface area contributed by atoms with Crippen molar-refractivity contribution in [3.63, 3.8) is 0 Å². The summed E-state index contributed by atoms with van der Waals surface area (Å²) in [6, 6.07) is 15.8. The van der Waals surface area contributed by atoms with Crippen LogP contribution < -0.4 is 14.5 Å². The van der Waals surface area contributed by atoms with Crippen molar-refractivity contribution in [1.29, 1.82) is 0 Å². The minimum Gasteiger partial charge on any atom is -0.497 e. The Bertz CT molecular complexity index is 1220. The largest absolute Gasteiger partial charge is 0.497 e. The molecule has 0 atom stereocenters. The highest BCUT2D eigenvalue weighted by Gasteiger charge is 2.29. The van der Waals surface area contributed by atoms with Crippen LogP contribution in [-0.2, 0) is 22.5 Å². The van der Waals surface area contributed by atoms with Gasteiger partial charge < -0.3 is 19.3 Å². The van der Waals surface area contributed by atoms with Crippen LogP contribution in [0.25, 0.3) is 5.69 Å². The van der Waals surface area contributed by atoms with Crippen LogP contribution >= 0.6 is 0 Å². The van der Waals surface area contributed by atoms with E-state index in [1.165, 1.54) is 0 Å². The molecule has 35 heavy (non-hydrogen) atoms. The van der Waals surface area contributed by atoms with Crippen molar-refractivity contribution < 1.29 is 19.1 Å². The maximum Gasteiger partial charge on any atom is 0.359 e. The van der Waals surface area contributed by atoms with E-state index in [0.717, 1.165) is 60.0 Å². The Labute approximate surface area is 205 Å². The minimum atomic E-state index is -0.389. The van der Waals surface area contributed by atoms with Gasteiger partial charge in [-0.15, -0.1) is 0 Å². The van der Waals surface area contributed by atoms with Gasteiger partial charge in [-0.3, -0.25) is 4.79 Å². The smallest absolute Gasteiger partial charge is 0.359 e. The molecule has 0 radical (unpaired) electrons. The molecule has 8 nitrogen and oxygen atoms in total. The first-order chi connectivity index (χ1) is 17.1. The van der Waals surface area contributed by atoms with Crippen LogP contribution in [0.1, 0.15) is 47.9 Å². The number of carbonyl (C=O) groups is 2. The molecule has 1 fully saturated rings. The summed E-state index contributed by atoms with van der Waals surface area (Å²) in [6.07, 6.45) is 3.32. The number of amides is 1. The number of anilines is 2. The summed E-state index contributed by atoms with van der Waals surface area (Å²) < 4.78 is 12.4. The number of nitrogens with zero attached hydrogens (tertiary/aromatic N) is 4. The van der Waals surface area contributed by atoms with Gasteiger partial charge in [0, 0.05) is 36.4 Å². The number of carbonyl (C=O) groups excluding carboxylic acids is 2. The SMILES string of the molecule is CCOC(=O)c1nn(-c2ccc(OC)cc2)c2c1CCN(c1ccc(N3CCCCC3=O)cc1)C2. The predicted molar refractivity (Wildman–Crippen MR) is 133 cm³/mol. The fourth-order valence-corrected chi connectivity index (χ4v) is 4.86. The number of aromatic nitrogens is 2.